The number of carbonyl (C=O) groups is 1. The molecule has 1 rings (SSSR count). The van der Waals surface area contributed by atoms with Gasteiger partial charge in [-0.2, -0.15) is 5.26 Å². The zero-order chi connectivity index (χ0) is 14.4. The van der Waals surface area contributed by atoms with Crippen molar-refractivity contribution in [1.82, 2.24) is 4.98 Å². The molecule has 0 amide bonds. The predicted molar refractivity (Wildman–Crippen MR) is 66.9 cm³/mol. The summed E-state index contributed by atoms with van der Waals surface area (Å²) in [7, 11) is 0. The molecule has 19 heavy (non-hydrogen) atoms. The maximum absolute atomic E-state index is 12.8. The van der Waals surface area contributed by atoms with E-state index < -0.39 is 18.0 Å². The molecule has 0 aliphatic heterocycles. The summed E-state index contributed by atoms with van der Waals surface area (Å²) in [5.74, 6) is -0.517. The van der Waals surface area contributed by atoms with Crippen molar-refractivity contribution in [3.63, 3.8) is 0 Å². The van der Waals surface area contributed by atoms with Crippen LogP contribution in [0.1, 0.15) is 35.9 Å². The minimum atomic E-state index is -2.81. The number of hydrogen-bond donors (Lipinski definition) is 0. The number of nitriles is 1. The van der Waals surface area contributed by atoms with Gasteiger partial charge in [0.15, 0.2) is 0 Å². The van der Waals surface area contributed by atoms with Crippen LogP contribution >= 0.6 is 15.9 Å². The third kappa shape index (κ3) is 3.96. The quantitative estimate of drug-likeness (QED) is 0.614. The van der Waals surface area contributed by atoms with Crippen molar-refractivity contribution in [2.75, 3.05) is 6.61 Å². The minimum Gasteiger partial charge on any atom is -0.466 e. The van der Waals surface area contributed by atoms with Gasteiger partial charge in [-0.15, -0.1) is 0 Å². The predicted octanol–water partition coefficient (Wildman–Crippen LogP) is 2.89. The summed E-state index contributed by atoms with van der Waals surface area (Å²) in [5, 5.41) is 9.06. The lowest BCUT2D eigenvalue weighted by Gasteiger charge is -2.10. The number of halogens is 3. The summed E-state index contributed by atoms with van der Waals surface area (Å²) in [6.07, 6.45) is -2.96. The molecule has 0 spiro atoms. The number of carbonyl (C=O) groups excluding carboxylic acids is 1. The molecule has 0 aromatic carbocycles. The Morgan fingerprint density at radius 3 is 2.79 bits per heavy atom. The van der Waals surface area contributed by atoms with Gasteiger partial charge in [-0.1, -0.05) is 15.9 Å². The molecule has 0 unspecified atom stereocenters. The van der Waals surface area contributed by atoms with Gasteiger partial charge in [-0.3, -0.25) is 4.79 Å². The van der Waals surface area contributed by atoms with Crippen LogP contribution in [0.25, 0.3) is 0 Å². The molecule has 1 heterocycles. The molecule has 1 aromatic heterocycles. The Labute approximate surface area is 117 Å². The molecule has 7 heteroatoms. The fraction of sp³-hybridized carbons (Fsp3) is 0.417. The normalized spacial score (nSPS) is 10.3. The molecule has 0 saturated carbocycles. The number of rotatable bonds is 5. The van der Waals surface area contributed by atoms with Gasteiger partial charge in [0.05, 0.1) is 24.3 Å². The molecule has 0 fully saturated rings. The van der Waals surface area contributed by atoms with Crippen molar-refractivity contribution in [2.45, 2.75) is 25.1 Å². The summed E-state index contributed by atoms with van der Waals surface area (Å²) >= 11 is 3.15. The monoisotopic (exact) mass is 332 g/mol. The zero-order valence-electron chi connectivity index (χ0n) is 10.1. The minimum absolute atomic E-state index is 0.146. The lowest BCUT2D eigenvalue weighted by molar-refractivity contribution is -0.142. The van der Waals surface area contributed by atoms with E-state index in [0.717, 1.165) is 6.07 Å². The van der Waals surface area contributed by atoms with Crippen LogP contribution in [0.5, 0.6) is 0 Å². The van der Waals surface area contributed by atoms with Gasteiger partial charge in [0.2, 0.25) is 0 Å². The van der Waals surface area contributed by atoms with Crippen molar-refractivity contribution in [3.05, 3.63) is 28.6 Å². The molecular weight excluding hydrogens is 322 g/mol. The maximum Gasteiger partial charge on any atom is 0.310 e. The first-order chi connectivity index (χ1) is 9.03. The molecule has 0 saturated heterocycles. The number of ether oxygens (including phenoxy) is 1. The number of hydrogen-bond acceptors (Lipinski definition) is 4. The second-order valence-corrected chi connectivity index (χ2v) is 4.12. The Morgan fingerprint density at radius 2 is 2.32 bits per heavy atom. The van der Waals surface area contributed by atoms with Crippen LogP contribution in [0.15, 0.2) is 6.07 Å². The van der Waals surface area contributed by atoms with Gasteiger partial charge >= 0.3 is 5.97 Å². The Kier molecular flexibility index (Phi) is 5.83. The Bertz CT molecular complexity index is 515. The van der Waals surface area contributed by atoms with E-state index in [-0.39, 0.29) is 24.1 Å². The van der Waals surface area contributed by atoms with E-state index in [1.54, 1.807) is 13.0 Å². The van der Waals surface area contributed by atoms with Crippen LogP contribution in [-0.4, -0.2) is 17.6 Å². The largest absolute Gasteiger partial charge is 0.466 e. The standard InChI is InChI=1S/C12H11BrF2N2O2/c1-2-19-11(18)4-7-3-8(12(14)15)10(6-16)17-9(7)5-13/h3,12H,2,4-5H2,1H3. The van der Waals surface area contributed by atoms with Gasteiger partial charge in [0.1, 0.15) is 11.8 Å². The van der Waals surface area contributed by atoms with E-state index >= 15 is 0 Å². The van der Waals surface area contributed by atoms with E-state index in [4.69, 9.17) is 10.00 Å². The Hall–Kier alpha value is -1.55. The molecule has 1 aromatic rings. The first-order valence-corrected chi connectivity index (χ1v) is 6.58. The van der Waals surface area contributed by atoms with Gasteiger partial charge in [0.25, 0.3) is 6.43 Å². The highest BCUT2D eigenvalue weighted by atomic mass is 79.9. The Morgan fingerprint density at radius 1 is 1.63 bits per heavy atom. The van der Waals surface area contributed by atoms with Crippen LogP contribution in [-0.2, 0) is 21.3 Å². The number of aromatic nitrogens is 1. The fourth-order valence-corrected chi connectivity index (χ4v) is 1.99. The SMILES string of the molecule is CCOC(=O)Cc1cc(C(F)F)c(C#N)nc1CBr. The molecule has 4 nitrogen and oxygen atoms in total. The molecule has 0 aliphatic rings. The molecule has 102 valence electrons. The van der Waals surface area contributed by atoms with Crippen LogP contribution in [0.2, 0.25) is 0 Å². The molecule has 0 aliphatic carbocycles. The number of pyridine rings is 1. The number of nitrogens with zero attached hydrogens (tertiary/aromatic N) is 2. The van der Waals surface area contributed by atoms with Gasteiger partial charge in [0, 0.05) is 5.33 Å². The Balaban J connectivity index is 3.19. The average molecular weight is 333 g/mol. The first-order valence-electron chi connectivity index (χ1n) is 5.46. The lowest BCUT2D eigenvalue weighted by atomic mass is 10.1. The number of alkyl halides is 3. The van der Waals surface area contributed by atoms with Gasteiger partial charge in [-0.05, 0) is 18.6 Å². The third-order valence-corrected chi connectivity index (χ3v) is 2.86. The number of esters is 1. The fourth-order valence-electron chi connectivity index (χ4n) is 1.50. The van der Waals surface area contributed by atoms with Crippen molar-refractivity contribution >= 4 is 21.9 Å². The highest BCUT2D eigenvalue weighted by molar-refractivity contribution is 9.08. The summed E-state index contributed by atoms with van der Waals surface area (Å²) in [6, 6.07) is 2.77. The first kappa shape index (κ1) is 15.5. The van der Waals surface area contributed by atoms with Crippen molar-refractivity contribution in [1.29, 1.82) is 5.26 Å². The smallest absolute Gasteiger partial charge is 0.310 e. The van der Waals surface area contributed by atoms with E-state index in [2.05, 4.69) is 20.9 Å². The summed E-state index contributed by atoms with van der Waals surface area (Å²) in [4.78, 5) is 15.2. The summed E-state index contributed by atoms with van der Waals surface area (Å²) in [5.41, 5.74) is -0.0674. The van der Waals surface area contributed by atoms with Crippen LogP contribution < -0.4 is 0 Å². The molecule has 0 bridgehead atoms. The topological polar surface area (TPSA) is 63.0 Å². The van der Waals surface area contributed by atoms with Crippen molar-refractivity contribution < 1.29 is 18.3 Å². The van der Waals surface area contributed by atoms with E-state index in [0.29, 0.717) is 11.3 Å². The van der Waals surface area contributed by atoms with Crippen LogP contribution in [0, 0.1) is 11.3 Å². The highest BCUT2D eigenvalue weighted by Gasteiger charge is 2.19. The van der Waals surface area contributed by atoms with E-state index in [1.807, 2.05) is 0 Å². The lowest BCUT2D eigenvalue weighted by Crippen LogP contribution is -2.11. The van der Waals surface area contributed by atoms with Gasteiger partial charge < -0.3 is 4.74 Å². The zero-order valence-corrected chi connectivity index (χ0v) is 11.7. The molecule has 0 N–H and O–H groups in total. The molecule has 0 radical (unpaired) electrons. The van der Waals surface area contributed by atoms with Crippen LogP contribution in [0.3, 0.4) is 0 Å². The van der Waals surface area contributed by atoms with Crippen molar-refractivity contribution in [2.24, 2.45) is 0 Å². The summed E-state index contributed by atoms with van der Waals surface area (Å²) in [6.45, 7) is 1.87. The second kappa shape index (κ2) is 7.14. The average Bonchev–Trinajstić information content (AvgIpc) is 2.38. The molecule has 0 atom stereocenters. The summed E-state index contributed by atoms with van der Waals surface area (Å²) < 4.78 is 30.4. The maximum atomic E-state index is 12.8. The highest BCUT2D eigenvalue weighted by Crippen LogP contribution is 2.25. The van der Waals surface area contributed by atoms with E-state index in [1.165, 1.54) is 0 Å². The van der Waals surface area contributed by atoms with Gasteiger partial charge in [-0.25, -0.2) is 13.8 Å². The second-order valence-electron chi connectivity index (χ2n) is 3.56. The van der Waals surface area contributed by atoms with E-state index in [9.17, 15) is 13.6 Å². The third-order valence-electron chi connectivity index (χ3n) is 2.33. The van der Waals surface area contributed by atoms with Crippen molar-refractivity contribution in [3.8, 4) is 6.07 Å². The van der Waals surface area contributed by atoms with Crippen LogP contribution in [0.4, 0.5) is 8.78 Å². The molecular formula is C12H11BrF2N2O2.